The van der Waals surface area contributed by atoms with Crippen LogP contribution < -0.4 is 5.32 Å². The Kier molecular flexibility index (Phi) is 2.86. The van der Waals surface area contributed by atoms with Gasteiger partial charge in [-0.25, -0.2) is 8.42 Å². The highest BCUT2D eigenvalue weighted by molar-refractivity contribution is 7.91. The molecule has 0 amide bonds. The molecule has 1 N–H and O–H groups in total. The quantitative estimate of drug-likeness (QED) is 0.848. The van der Waals surface area contributed by atoms with E-state index in [0.717, 1.165) is 0 Å². The van der Waals surface area contributed by atoms with E-state index in [-0.39, 0.29) is 11.5 Å². The summed E-state index contributed by atoms with van der Waals surface area (Å²) in [5, 5.41) is 16.5. The summed E-state index contributed by atoms with van der Waals surface area (Å²) in [6.45, 7) is 3.62. The van der Waals surface area contributed by atoms with Crippen molar-refractivity contribution in [3.05, 3.63) is 11.3 Å². The van der Waals surface area contributed by atoms with Crippen molar-refractivity contribution >= 4 is 15.7 Å². The zero-order chi connectivity index (χ0) is 13.6. The van der Waals surface area contributed by atoms with E-state index in [1.807, 2.05) is 6.92 Å². The summed E-state index contributed by atoms with van der Waals surface area (Å²) in [4.78, 5) is 0. The number of rotatable bonds is 2. The van der Waals surface area contributed by atoms with E-state index in [0.29, 0.717) is 23.5 Å². The first-order chi connectivity index (χ1) is 8.26. The Labute approximate surface area is 107 Å². The molecule has 2 rings (SSSR count). The first-order valence-electron chi connectivity index (χ1n) is 5.69. The first kappa shape index (κ1) is 12.9. The average Bonchev–Trinajstić information content (AvgIpc) is 2.65. The van der Waals surface area contributed by atoms with Crippen LogP contribution in [0.25, 0.3) is 0 Å². The van der Waals surface area contributed by atoms with Gasteiger partial charge in [-0.15, -0.1) is 0 Å². The summed E-state index contributed by atoms with van der Waals surface area (Å²) in [6.07, 6.45) is 0.546. The summed E-state index contributed by atoms with van der Waals surface area (Å²) in [6, 6.07) is 2.10. The van der Waals surface area contributed by atoms with Crippen molar-refractivity contribution in [3.63, 3.8) is 0 Å². The number of nitrogens with one attached hydrogen (secondary N) is 1. The van der Waals surface area contributed by atoms with Crippen LogP contribution in [0, 0.1) is 18.3 Å². The molecule has 1 aromatic rings. The standard InChI is InChI=1S/C11H16N4O2S/c1-8-9(6-12)10(15(3)14-8)13-11(2)4-5-18(16,17)7-11/h13H,4-5,7H2,1-3H3. The van der Waals surface area contributed by atoms with Gasteiger partial charge in [-0.05, 0) is 20.3 Å². The third-order valence-electron chi connectivity index (χ3n) is 3.26. The van der Waals surface area contributed by atoms with Crippen molar-refractivity contribution < 1.29 is 8.42 Å². The Morgan fingerprint density at radius 1 is 1.56 bits per heavy atom. The number of nitriles is 1. The van der Waals surface area contributed by atoms with Crippen LogP contribution in [0.5, 0.6) is 0 Å². The van der Waals surface area contributed by atoms with Gasteiger partial charge in [-0.2, -0.15) is 10.4 Å². The van der Waals surface area contributed by atoms with Crippen LogP contribution in [0.1, 0.15) is 24.6 Å². The maximum absolute atomic E-state index is 11.6. The van der Waals surface area contributed by atoms with Gasteiger partial charge >= 0.3 is 0 Å². The maximum Gasteiger partial charge on any atom is 0.152 e. The Balaban J connectivity index is 2.34. The molecule has 0 radical (unpaired) electrons. The average molecular weight is 268 g/mol. The second kappa shape index (κ2) is 3.99. The summed E-state index contributed by atoms with van der Waals surface area (Å²) in [7, 11) is -1.24. The van der Waals surface area contributed by atoms with Crippen LogP contribution in [-0.2, 0) is 16.9 Å². The van der Waals surface area contributed by atoms with E-state index in [1.165, 1.54) is 0 Å². The van der Waals surface area contributed by atoms with Crippen LogP contribution >= 0.6 is 0 Å². The Bertz CT molecular complexity index is 626. The molecule has 98 valence electrons. The van der Waals surface area contributed by atoms with Crippen molar-refractivity contribution in [1.82, 2.24) is 9.78 Å². The van der Waals surface area contributed by atoms with E-state index in [2.05, 4.69) is 16.5 Å². The summed E-state index contributed by atoms with van der Waals surface area (Å²) >= 11 is 0. The van der Waals surface area contributed by atoms with E-state index in [9.17, 15) is 8.42 Å². The molecule has 0 aliphatic carbocycles. The maximum atomic E-state index is 11.6. The van der Waals surface area contributed by atoms with Gasteiger partial charge in [0.05, 0.1) is 22.7 Å². The first-order valence-corrected chi connectivity index (χ1v) is 7.51. The zero-order valence-electron chi connectivity index (χ0n) is 10.7. The summed E-state index contributed by atoms with van der Waals surface area (Å²) in [5.41, 5.74) is 0.597. The van der Waals surface area contributed by atoms with Gasteiger partial charge < -0.3 is 5.32 Å². The molecule has 0 spiro atoms. The Morgan fingerprint density at radius 2 is 2.22 bits per heavy atom. The lowest BCUT2D eigenvalue weighted by Crippen LogP contribution is -2.37. The molecule has 7 heteroatoms. The third kappa shape index (κ3) is 2.20. The molecule has 2 heterocycles. The van der Waals surface area contributed by atoms with Crippen LogP contribution in [0.4, 0.5) is 5.82 Å². The topological polar surface area (TPSA) is 87.8 Å². The second-order valence-electron chi connectivity index (χ2n) is 5.07. The number of hydrogen-bond donors (Lipinski definition) is 1. The van der Waals surface area contributed by atoms with E-state index < -0.39 is 15.4 Å². The molecule has 1 unspecified atom stereocenters. The highest BCUT2D eigenvalue weighted by atomic mass is 32.2. The molecule has 0 saturated carbocycles. The van der Waals surface area contributed by atoms with E-state index in [4.69, 9.17) is 5.26 Å². The van der Waals surface area contributed by atoms with Crippen LogP contribution in [-0.4, -0.2) is 35.2 Å². The molecule has 0 bridgehead atoms. The number of aryl methyl sites for hydroxylation is 2. The zero-order valence-corrected chi connectivity index (χ0v) is 11.5. The monoisotopic (exact) mass is 268 g/mol. The van der Waals surface area contributed by atoms with Crippen LogP contribution in [0.2, 0.25) is 0 Å². The molecular weight excluding hydrogens is 252 g/mol. The second-order valence-corrected chi connectivity index (χ2v) is 7.26. The normalized spacial score (nSPS) is 25.9. The molecular formula is C11H16N4O2S. The van der Waals surface area contributed by atoms with Gasteiger partial charge in [-0.3, -0.25) is 4.68 Å². The Hall–Kier alpha value is -1.55. The minimum absolute atomic E-state index is 0.0924. The Morgan fingerprint density at radius 3 is 2.72 bits per heavy atom. The van der Waals surface area contributed by atoms with Crippen LogP contribution in [0.15, 0.2) is 0 Å². The molecule has 18 heavy (non-hydrogen) atoms. The lowest BCUT2D eigenvalue weighted by Gasteiger charge is -2.25. The fraction of sp³-hybridized carbons (Fsp3) is 0.636. The van der Waals surface area contributed by atoms with Gasteiger partial charge in [0.1, 0.15) is 17.5 Å². The van der Waals surface area contributed by atoms with Gasteiger partial charge in [0.25, 0.3) is 0 Å². The highest BCUT2D eigenvalue weighted by Crippen LogP contribution is 2.29. The van der Waals surface area contributed by atoms with Crippen LogP contribution in [0.3, 0.4) is 0 Å². The molecule has 1 fully saturated rings. The SMILES string of the molecule is Cc1nn(C)c(NC2(C)CCS(=O)(=O)C2)c1C#N. The highest BCUT2D eigenvalue weighted by Gasteiger charge is 2.39. The number of aromatic nitrogens is 2. The number of sulfone groups is 1. The molecule has 6 nitrogen and oxygen atoms in total. The van der Waals surface area contributed by atoms with Crippen molar-refractivity contribution in [3.8, 4) is 6.07 Å². The molecule has 1 aliphatic rings. The van der Waals surface area contributed by atoms with Crippen molar-refractivity contribution in [2.75, 3.05) is 16.8 Å². The summed E-state index contributed by atoms with van der Waals surface area (Å²) in [5.74, 6) is 0.874. The smallest absolute Gasteiger partial charge is 0.152 e. The number of nitrogens with zero attached hydrogens (tertiary/aromatic N) is 3. The largest absolute Gasteiger partial charge is 0.363 e. The van der Waals surface area contributed by atoms with Gasteiger partial charge in [0.2, 0.25) is 0 Å². The minimum Gasteiger partial charge on any atom is -0.363 e. The lowest BCUT2D eigenvalue weighted by atomic mass is 10.0. The fourth-order valence-electron chi connectivity index (χ4n) is 2.33. The van der Waals surface area contributed by atoms with Gasteiger partial charge in [-0.1, -0.05) is 0 Å². The third-order valence-corrected chi connectivity index (χ3v) is 5.16. The molecule has 1 aromatic heterocycles. The van der Waals surface area contributed by atoms with Crippen molar-refractivity contribution in [1.29, 1.82) is 5.26 Å². The van der Waals surface area contributed by atoms with Crippen molar-refractivity contribution in [2.45, 2.75) is 25.8 Å². The molecule has 0 aromatic carbocycles. The predicted octanol–water partition coefficient (Wildman–Crippen LogP) is 0.589. The summed E-state index contributed by atoms with van der Waals surface area (Å²) < 4.78 is 24.7. The fourth-order valence-corrected chi connectivity index (χ4v) is 4.42. The lowest BCUT2D eigenvalue weighted by molar-refractivity contribution is 0.565. The molecule has 1 atom stereocenters. The van der Waals surface area contributed by atoms with Crippen molar-refractivity contribution in [2.24, 2.45) is 7.05 Å². The van der Waals surface area contributed by atoms with E-state index in [1.54, 1.807) is 18.7 Å². The van der Waals surface area contributed by atoms with Gasteiger partial charge in [0.15, 0.2) is 9.84 Å². The number of anilines is 1. The molecule has 1 aliphatic heterocycles. The number of hydrogen-bond acceptors (Lipinski definition) is 5. The molecule has 1 saturated heterocycles. The van der Waals surface area contributed by atoms with E-state index >= 15 is 0 Å². The predicted molar refractivity (Wildman–Crippen MR) is 68.0 cm³/mol. The minimum atomic E-state index is -2.97. The van der Waals surface area contributed by atoms with Gasteiger partial charge in [0, 0.05) is 7.05 Å².